The normalized spacial score (nSPS) is 23.3. The first kappa shape index (κ1) is 27.2. The third kappa shape index (κ3) is 5.85. The van der Waals surface area contributed by atoms with Crippen molar-refractivity contribution in [3.63, 3.8) is 0 Å². The number of hydrogen-bond donors (Lipinski definition) is 1. The van der Waals surface area contributed by atoms with Crippen molar-refractivity contribution in [2.24, 2.45) is 5.92 Å². The van der Waals surface area contributed by atoms with Gasteiger partial charge in [0.05, 0.1) is 18.2 Å². The lowest BCUT2D eigenvalue weighted by Gasteiger charge is -2.43. The molecule has 2 heterocycles. The number of urea groups is 1. The van der Waals surface area contributed by atoms with Gasteiger partial charge in [-0.1, -0.05) is 48.7 Å². The molecule has 2 fully saturated rings. The molecule has 1 aliphatic carbocycles. The Kier molecular flexibility index (Phi) is 8.92. The standard InChI is InChI=1S/C28H37ClN4O4/c1-4-14-33-23(18-31-15-16-32(19(3)17-31)26(34)20-10-6-7-11-20)24(27(35)37-5-2)25(30-28(33)36)21-12-8-9-13-22(21)29/h4,8-9,12-13,19-20,25H,1,5-7,10-11,14-18H2,2-3H3,(H,30,36). The zero-order valence-corrected chi connectivity index (χ0v) is 22.5. The zero-order valence-electron chi connectivity index (χ0n) is 21.7. The predicted molar refractivity (Wildman–Crippen MR) is 143 cm³/mol. The number of hydrogen-bond acceptors (Lipinski definition) is 5. The minimum Gasteiger partial charge on any atom is -0.463 e. The molecule has 0 spiro atoms. The van der Waals surface area contributed by atoms with Gasteiger partial charge in [-0.2, -0.15) is 0 Å². The highest BCUT2D eigenvalue weighted by Gasteiger charge is 2.40. The van der Waals surface area contributed by atoms with Crippen molar-refractivity contribution in [1.29, 1.82) is 0 Å². The Bertz CT molecular complexity index is 1070. The number of carbonyl (C=O) groups is 3. The summed E-state index contributed by atoms with van der Waals surface area (Å²) in [5.74, 6) is -0.0756. The third-order valence-electron chi connectivity index (χ3n) is 7.53. The lowest BCUT2D eigenvalue weighted by Crippen LogP contribution is -2.57. The molecule has 4 rings (SSSR count). The second-order valence-corrected chi connectivity index (χ2v) is 10.4. The topological polar surface area (TPSA) is 82.2 Å². The number of nitrogens with zero attached hydrogens (tertiary/aromatic N) is 3. The molecule has 37 heavy (non-hydrogen) atoms. The second kappa shape index (κ2) is 12.1. The van der Waals surface area contributed by atoms with Gasteiger partial charge in [0, 0.05) is 55.4 Å². The van der Waals surface area contributed by atoms with E-state index in [1.807, 2.05) is 23.1 Å². The Labute approximate surface area is 224 Å². The van der Waals surface area contributed by atoms with Crippen molar-refractivity contribution in [2.75, 3.05) is 39.3 Å². The summed E-state index contributed by atoms with van der Waals surface area (Å²) in [6, 6.07) is 6.16. The predicted octanol–water partition coefficient (Wildman–Crippen LogP) is 4.13. The maximum absolute atomic E-state index is 13.4. The number of carbonyl (C=O) groups excluding carboxylic acids is 3. The van der Waals surface area contributed by atoms with Gasteiger partial charge in [-0.3, -0.25) is 14.6 Å². The lowest BCUT2D eigenvalue weighted by atomic mass is 9.93. The second-order valence-electron chi connectivity index (χ2n) is 9.98. The molecule has 1 N–H and O–H groups in total. The summed E-state index contributed by atoms with van der Waals surface area (Å²) < 4.78 is 5.47. The van der Waals surface area contributed by atoms with E-state index in [1.54, 1.807) is 24.0 Å². The van der Waals surface area contributed by atoms with Crippen LogP contribution in [0.2, 0.25) is 5.02 Å². The Balaban J connectivity index is 1.65. The van der Waals surface area contributed by atoms with Crippen LogP contribution in [0.4, 0.5) is 4.79 Å². The molecular weight excluding hydrogens is 492 g/mol. The average Bonchev–Trinajstić information content (AvgIpc) is 3.41. The van der Waals surface area contributed by atoms with Crippen LogP contribution in [-0.4, -0.2) is 78.0 Å². The largest absolute Gasteiger partial charge is 0.463 e. The summed E-state index contributed by atoms with van der Waals surface area (Å²) >= 11 is 6.50. The van der Waals surface area contributed by atoms with Gasteiger partial charge < -0.3 is 15.0 Å². The van der Waals surface area contributed by atoms with Crippen molar-refractivity contribution in [3.05, 3.63) is 58.8 Å². The number of benzene rings is 1. The minimum absolute atomic E-state index is 0.0399. The van der Waals surface area contributed by atoms with Crippen molar-refractivity contribution in [3.8, 4) is 0 Å². The SMILES string of the molecule is C=CCN1C(=O)NC(c2ccccc2Cl)C(C(=O)OCC)=C1CN1CCN(C(=O)C2CCCC2)C(C)C1. The number of halogens is 1. The van der Waals surface area contributed by atoms with E-state index in [9.17, 15) is 14.4 Å². The molecule has 200 valence electrons. The monoisotopic (exact) mass is 528 g/mol. The van der Waals surface area contributed by atoms with Gasteiger partial charge in [-0.15, -0.1) is 6.58 Å². The highest BCUT2D eigenvalue weighted by atomic mass is 35.5. The molecule has 9 heteroatoms. The van der Waals surface area contributed by atoms with E-state index in [1.165, 1.54) is 0 Å². The molecule has 8 nitrogen and oxygen atoms in total. The molecule has 2 unspecified atom stereocenters. The molecular formula is C28H37ClN4O4. The van der Waals surface area contributed by atoms with Crippen molar-refractivity contribution < 1.29 is 19.1 Å². The number of nitrogens with one attached hydrogen (secondary N) is 1. The third-order valence-corrected chi connectivity index (χ3v) is 7.88. The molecule has 0 aromatic heterocycles. The minimum atomic E-state index is -0.737. The fourth-order valence-electron chi connectivity index (χ4n) is 5.71. The van der Waals surface area contributed by atoms with E-state index in [-0.39, 0.29) is 37.0 Å². The van der Waals surface area contributed by atoms with E-state index in [0.717, 1.165) is 25.7 Å². The van der Waals surface area contributed by atoms with Crippen molar-refractivity contribution in [2.45, 2.75) is 51.6 Å². The summed E-state index contributed by atoms with van der Waals surface area (Å²) in [6.45, 7) is 10.4. The Hall–Kier alpha value is -2.84. The molecule has 3 amide bonds. The molecule has 0 bridgehead atoms. The van der Waals surface area contributed by atoms with Crippen LogP contribution in [0, 0.1) is 5.92 Å². The summed E-state index contributed by atoms with van der Waals surface area (Å²) in [5.41, 5.74) is 1.58. The van der Waals surface area contributed by atoms with E-state index in [2.05, 4.69) is 23.7 Å². The first-order chi connectivity index (χ1) is 17.8. The van der Waals surface area contributed by atoms with Gasteiger partial charge in [-0.25, -0.2) is 9.59 Å². The van der Waals surface area contributed by atoms with Crippen LogP contribution in [-0.2, 0) is 14.3 Å². The van der Waals surface area contributed by atoms with E-state index in [4.69, 9.17) is 16.3 Å². The van der Waals surface area contributed by atoms with Crippen molar-refractivity contribution >= 4 is 29.5 Å². The molecule has 0 radical (unpaired) electrons. The van der Waals surface area contributed by atoms with Crippen LogP contribution in [0.5, 0.6) is 0 Å². The van der Waals surface area contributed by atoms with Crippen LogP contribution in [0.15, 0.2) is 48.2 Å². The van der Waals surface area contributed by atoms with Gasteiger partial charge in [-0.05, 0) is 38.3 Å². The quantitative estimate of drug-likeness (QED) is 0.405. The number of ether oxygens (including phenoxy) is 1. The van der Waals surface area contributed by atoms with Gasteiger partial charge in [0.15, 0.2) is 0 Å². The Morgan fingerprint density at radius 2 is 1.95 bits per heavy atom. The van der Waals surface area contributed by atoms with E-state index >= 15 is 0 Å². The molecule has 1 saturated heterocycles. The molecule has 3 aliphatic rings. The number of piperazine rings is 1. The van der Waals surface area contributed by atoms with Crippen LogP contribution in [0.25, 0.3) is 0 Å². The van der Waals surface area contributed by atoms with Crippen LogP contribution in [0.1, 0.15) is 51.1 Å². The highest BCUT2D eigenvalue weighted by Crippen LogP contribution is 2.35. The van der Waals surface area contributed by atoms with Crippen LogP contribution >= 0.6 is 11.6 Å². The maximum Gasteiger partial charge on any atom is 0.338 e. The summed E-state index contributed by atoms with van der Waals surface area (Å²) in [5, 5.41) is 3.41. The summed E-state index contributed by atoms with van der Waals surface area (Å²) in [7, 11) is 0. The van der Waals surface area contributed by atoms with Gasteiger partial charge >= 0.3 is 12.0 Å². The van der Waals surface area contributed by atoms with E-state index in [0.29, 0.717) is 48.0 Å². The molecule has 1 saturated carbocycles. The van der Waals surface area contributed by atoms with Crippen LogP contribution < -0.4 is 5.32 Å². The maximum atomic E-state index is 13.4. The van der Waals surface area contributed by atoms with Crippen molar-refractivity contribution in [1.82, 2.24) is 20.0 Å². The molecule has 1 aromatic carbocycles. The van der Waals surface area contributed by atoms with E-state index < -0.39 is 12.0 Å². The zero-order chi connectivity index (χ0) is 26.5. The van der Waals surface area contributed by atoms with Gasteiger partial charge in [0.25, 0.3) is 0 Å². The lowest BCUT2D eigenvalue weighted by molar-refractivity contribution is -0.140. The molecule has 1 aromatic rings. The summed E-state index contributed by atoms with van der Waals surface area (Å²) in [4.78, 5) is 45.5. The highest BCUT2D eigenvalue weighted by molar-refractivity contribution is 6.31. The number of amides is 3. The van der Waals surface area contributed by atoms with Crippen LogP contribution in [0.3, 0.4) is 0 Å². The number of rotatable bonds is 8. The first-order valence-electron chi connectivity index (χ1n) is 13.2. The van der Waals surface area contributed by atoms with Gasteiger partial charge in [0.2, 0.25) is 5.91 Å². The molecule has 2 atom stereocenters. The Morgan fingerprint density at radius 1 is 1.22 bits per heavy atom. The fraction of sp³-hybridized carbons (Fsp3) is 0.536. The average molecular weight is 529 g/mol. The first-order valence-corrected chi connectivity index (χ1v) is 13.6. The smallest absolute Gasteiger partial charge is 0.338 e. The fourth-order valence-corrected chi connectivity index (χ4v) is 5.96. The van der Waals surface area contributed by atoms with Gasteiger partial charge in [0.1, 0.15) is 0 Å². The molecule has 2 aliphatic heterocycles. The number of esters is 1. The Morgan fingerprint density at radius 3 is 2.59 bits per heavy atom. The summed E-state index contributed by atoms with van der Waals surface area (Å²) in [6.07, 6.45) is 5.86.